The average molecular weight is 298 g/mol. The lowest BCUT2D eigenvalue weighted by molar-refractivity contribution is -0.384. The Morgan fingerprint density at radius 1 is 1.55 bits per heavy atom. The van der Waals surface area contributed by atoms with Crippen molar-refractivity contribution in [3.8, 4) is 0 Å². The predicted octanol–water partition coefficient (Wildman–Crippen LogP) is 2.45. The van der Waals surface area contributed by atoms with Crippen LogP contribution in [0.15, 0.2) is 18.2 Å². The van der Waals surface area contributed by atoms with Crippen molar-refractivity contribution in [2.24, 2.45) is 5.84 Å². The Hall–Kier alpha value is -1.31. The number of hydrazine groups is 1. The molecule has 0 aliphatic rings. The number of hydrogen-bond donors (Lipinski definition) is 2. The van der Waals surface area contributed by atoms with Crippen LogP contribution in [0.4, 0.5) is 11.4 Å². The molecule has 7 heteroatoms. The van der Waals surface area contributed by atoms with Gasteiger partial charge in [0.25, 0.3) is 5.69 Å². The third-order valence-electron chi connectivity index (χ3n) is 3.33. The molecule has 0 amide bonds. The van der Waals surface area contributed by atoms with Crippen LogP contribution in [-0.4, -0.2) is 34.9 Å². The van der Waals surface area contributed by atoms with Crippen LogP contribution in [-0.2, 0) is 6.54 Å². The van der Waals surface area contributed by atoms with Crippen molar-refractivity contribution in [2.75, 3.05) is 24.5 Å². The summed E-state index contributed by atoms with van der Waals surface area (Å²) in [6.07, 6.45) is 3.12. The molecule has 6 nitrogen and oxygen atoms in total. The Balaban J connectivity index is 2.93. The number of benzene rings is 1. The molecule has 0 bridgehead atoms. The highest BCUT2D eigenvalue weighted by Gasteiger charge is 2.16. The molecule has 1 aromatic rings. The van der Waals surface area contributed by atoms with Gasteiger partial charge < -0.3 is 5.43 Å². The van der Waals surface area contributed by atoms with Gasteiger partial charge in [-0.1, -0.05) is 6.92 Å². The van der Waals surface area contributed by atoms with E-state index in [1.165, 1.54) is 6.07 Å². The van der Waals surface area contributed by atoms with E-state index in [1.807, 2.05) is 7.05 Å². The van der Waals surface area contributed by atoms with Gasteiger partial charge in [0.05, 0.1) is 10.6 Å². The number of thioether (sulfide) groups is 1. The summed E-state index contributed by atoms with van der Waals surface area (Å²) in [5.74, 6) is 6.51. The maximum absolute atomic E-state index is 10.9. The first-order chi connectivity index (χ1) is 9.53. The topological polar surface area (TPSA) is 84.4 Å². The summed E-state index contributed by atoms with van der Waals surface area (Å²) >= 11 is 1.80. The number of nitrogens with zero attached hydrogens (tertiary/aromatic N) is 2. The maximum atomic E-state index is 10.9. The summed E-state index contributed by atoms with van der Waals surface area (Å²) in [5.41, 5.74) is 4.25. The highest BCUT2D eigenvalue weighted by molar-refractivity contribution is 7.98. The summed E-state index contributed by atoms with van der Waals surface area (Å²) in [4.78, 5) is 12.7. The molecule has 3 N–H and O–H groups in total. The smallest absolute Gasteiger partial charge is 0.269 e. The Kier molecular flexibility index (Phi) is 6.77. The van der Waals surface area contributed by atoms with Crippen molar-refractivity contribution in [1.82, 2.24) is 4.90 Å². The average Bonchev–Trinajstić information content (AvgIpc) is 2.44. The van der Waals surface area contributed by atoms with E-state index < -0.39 is 0 Å². The van der Waals surface area contributed by atoms with Crippen molar-refractivity contribution in [3.05, 3.63) is 33.9 Å². The third-order valence-corrected chi connectivity index (χ3v) is 4.05. The summed E-state index contributed by atoms with van der Waals surface area (Å²) in [6.45, 7) is 2.77. The Morgan fingerprint density at radius 2 is 2.25 bits per heavy atom. The SMILES string of the molecule is CCC(CSC)N(C)Cc1cc([N+](=O)[O-])ccc1NN. The van der Waals surface area contributed by atoms with Gasteiger partial charge in [-0.2, -0.15) is 11.8 Å². The number of nitro benzene ring substituents is 1. The zero-order chi connectivity index (χ0) is 15.1. The van der Waals surface area contributed by atoms with E-state index in [1.54, 1.807) is 23.9 Å². The molecule has 1 rings (SSSR count). The van der Waals surface area contributed by atoms with Crippen molar-refractivity contribution >= 4 is 23.1 Å². The largest absolute Gasteiger partial charge is 0.324 e. The lowest BCUT2D eigenvalue weighted by Gasteiger charge is -2.27. The molecule has 112 valence electrons. The molecule has 0 spiro atoms. The van der Waals surface area contributed by atoms with Crippen LogP contribution in [0.25, 0.3) is 0 Å². The Morgan fingerprint density at radius 3 is 2.75 bits per heavy atom. The maximum Gasteiger partial charge on any atom is 0.269 e. The van der Waals surface area contributed by atoms with Gasteiger partial charge in [0.1, 0.15) is 0 Å². The van der Waals surface area contributed by atoms with Crippen molar-refractivity contribution in [1.29, 1.82) is 0 Å². The lowest BCUT2D eigenvalue weighted by Crippen LogP contribution is -2.33. The Labute approximate surface area is 123 Å². The number of nitrogen functional groups attached to an aromatic ring is 1. The monoisotopic (exact) mass is 298 g/mol. The molecule has 1 aromatic carbocycles. The molecule has 0 fully saturated rings. The highest BCUT2D eigenvalue weighted by atomic mass is 32.2. The number of nitro groups is 1. The first-order valence-corrected chi connectivity index (χ1v) is 7.86. The quantitative estimate of drug-likeness (QED) is 0.436. The minimum atomic E-state index is -0.386. The first-order valence-electron chi connectivity index (χ1n) is 6.46. The van der Waals surface area contributed by atoms with E-state index in [0.717, 1.165) is 23.4 Å². The van der Waals surface area contributed by atoms with Crippen LogP contribution < -0.4 is 11.3 Å². The van der Waals surface area contributed by atoms with Gasteiger partial charge in [-0.05, 0) is 31.4 Å². The molecule has 1 atom stereocenters. The van der Waals surface area contributed by atoms with Gasteiger partial charge in [-0.25, -0.2) is 0 Å². The fourth-order valence-electron chi connectivity index (χ4n) is 2.11. The molecule has 1 unspecified atom stereocenters. The second-order valence-corrected chi connectivity index (χ2v) is 5.59. The zero-order valence-corrected chi connectivity index (χ0v) is 12.9. The van der Waals surface area contributed by atoms with E-state index in [9.17, 15) is 10.1 Å². The van der Waals surface area contributed by atoms with Crippen molar-refractivity contribution in [3.63, 3.8) is 0 Å². The lowest BCUT2D eigenvalue weighted by atomic mass is 10.1. The normalized spacial score (nSPS) is 12.4. The number of anilines is 1. The predicted molar refractivity (Wildman–Crippen MR) is 84.8 cm³/mol. The van der Waals surface area contributed by atoms with Crippen LogP contribution in [0.2, 0.25) is 0 Å². The van der Waals surface area contributed by atoms with Gasteiger partial charge in [0.2, 0.25) is 0 Å². The number of nitrogens with two attached hydrogens (primary N) is 1. The van der Waals surface area contributed by atoms with E-state index in [0.29, 0.717) is 12.6 Å². The van der Waals surface area contributed by atoms with Crippen LogP contribution >= 0.6 is 11.8 Å². The number of rotatable bonds is 8. The van der Waals surface area contributed by atoms with E-state index in [-0.39, 0.29) is 10.6 Å². The van der Waals surface area contributed by atoms with E-state index in [4.69, 9.17) is 5.84 Å². The van der Waals surface area contributed by atoms with Gasteiger partial charge >= 0.3 is 0 Å². The number of nitrogens with one attached hydrogen (secondary N) is 1. The van der Waals surface area contributed by atoms with Crippen LogP contribution in [0.5, 0.6) is 0 Å². The molecule has 0 saturated heterocycles. The molecule has 0 saturated carbocycles. The third kappa shape index (κ3) is 4.36. The molecular formula is C13H22N4O2S. The van der Waals surface area contributed by atoms with E-state index >= 15 is 0 Å². The van der Waals surface area contributed by atoms with Gasteiger partial charge in [0.15, 0.2) is 0 Å². The minimum Gasteiger partial charge on any atom is -0.324 e. The van der Waals surface area contributed by atoms with Crippen LogP contribution in [0.1, 0.15) is 18.9 Å². The van der Waals surface area contributed by atoms with Crippen LogP contribution in [0.3, 0.4) is 0 Å². The zero-order valence-electron chi connectivity index (χ0n) is 12.1. The summed E-state index contributed by atoms with van der Waals surface area (Å²) < 4.78 is 0. The van der Waals surface area contributed by atoms with Crippen molar-refractivity contribution in [2.45, 2.75) is 25.9 Å². The van der Waals surface area contributed by atoms with Gasteiger partial charge in [0, 0.05) is 30.5 Å². The molecule has 0 radical (unpaired) electrons. The van der Waals surface area contributed by atoms with Crippen LogP contribution in [0, 0.1) is 10.1 Å². The van der Waals surface area contributed by atoms with Gasteiger partial charge in [-0.3, -0.25) is 20.9 Å². The fourth-order valence-corrected chi connectivity index (χ4v) is 2.99. The second-order valence-electron chi connectivity index (χ2n) is 4.68. The van der Waals surface area contributed by atoms with E-state index in [2.05, 4.69) is 23.5 Å². The molecule has 20 heavy (non-hydrogen) atoms. The number of non-ortho nitro benzene ring substituents is 1. The summed E-state index contributed by atoms with van der Waals surface area (Å²) in [7, 11) is 2.03. The molecule has 0 heterocycles. The first kappa shape index (κ1) is 16.7. The fraction of sp³-hybridized carbons (Fsp3) is 0.538. The standard InChI is InChI=1S/C13H22N4O2S/c1-4-11(9-20-3)16(2)8-10-7-12(17(18)19)5-6-13(10)15-14/h5-7,11,15H,4,8-9,14H2,1-3H3. The Bertz CT molecular complexity index is 456. The van der Waals surface area contributed by atoms with Crippen molar-refractivity contribution < 1.29 is 4.92 Å². The van der Waals surface area contributed by atoms with Gasteiger partial charge in [-0.15, -0.1) is 0 Å². The highest BCUT2D eigenvalue weighted by Crippen LogP contribution is 2.23. The molecule has 0 aromatic heterocycles. The minimum absolute atomic E-state index is 0.0883. The summed E-state index contributed by atoms with van der Waals surface area (Å²) in [5, 5.41) is 10.9. The molecular weight excluding hydrogens is 276 g/mol. The number of hydrogen-bond acceptors (Lipinski definition) is 6. The summed E-state index contributed by atoms with van der Waals surface area (Å²) in [6, 6.07) is 5.13. The molecule has 0 aliphatic heterocycles. The second kappa shape index (κ2) is 8.08. The molecule has 0 aliphatic carbocycles.